The fraction of sp³-hybridized carbons (Fsp3) is 0.667. The minimum absolute atomic E-state index is 0.0458. The Bertz CT molecular complexity index is 705. The minimum atomic E-state index is -1.13. The molecule has 0 saturated carbocycles. The molecule has 1 aromatic carbocycles. The molecule has 37 heavy (non-hydrogen) atoms. The second-order valence-electron chi connectivity index (χ2n) is 8.84. The molecule has 1 N–H and O–H groups in total. The molecular weight excluding hydrogens is 484 g/mol. The van der Waals surface area contributed by atoms with Crippen LogP contribution in [0.2, 0.25) is 0 Å². The smallest absolute Gasteiger partial charge is 0.333 e. The van der Waals surface area contributed by atoms with Crippen LogP contribution in [0.1, 0.15) is 20.8 Å². The third-order valence-corrected chi connectivity index (χ3v) is 4.61. The number of hydrogen-bond acceptors (Lipinski definition) is 9. The summed E-state index contributed by atoms with van der Waals surface area (Å²) in [5.41, 5.74) is -0.216. The van der Waals surface area contributed by atoms with E-state index in [1.54, 1.807) is 12.1 Å². The van der Waals surface area contributed by atoms with Crippen LogP contribution in [-0.2, 0) is 38.0 Å². The SMILES string of the molecule is C=C(C(=O)O)C(COc1ccccc1)OCCOCCOCCOCCOCCOCCOC(C)(C)C. The molecule has 0 fully saturated rings. The van der Waals surface area contributed by atoms with Gasteiger partial charge in [0.05, 0.1) is 90.5 Å². The molecule has 212 valence electrons. The number of carboxylic acids is 1. The largest absolute Gasteiger partial charge is 0.491 e. The summed E-state index contributed by atoms with van der Waals surface area (Å²) in [6.45, 7) is 15.0. The van der Waals surface area contributed by atoms with E-state index >= 15 is 0 Å². The van der Waals surface area contributed by atoms with Crippen molar-refractivity contribution in [2.24, 2.45) is 0 Å². The van der Waals surface area contributed by atoms with Gasteiger partial charge in [-0.3, -0.25) is 0 Å². The van der Waals surface area contributed by atoms with Crippen LogP contribution >= 0.6 is 0 Å². The van der Waals surface area contributed by atoms with Crippen LogP contribution in [0.5, 0.6) is 5.75 Å². The first kappa shape index (κ1) is 33.0. The Balaban J connectivity index is 1.91. The summed E-state index contributed by atoms with van der Waals surface area (Å²) in [4.78, 5) is 11.3. The predicted molar refractivity (Wildman–Crippen MR) is 138 cm³/mol. The summed E-state index contributed by atoms with van der Waals surface area (Å²) in [6, 6.07) is 9.10. The molecule has 0 aromatic heterocycles. The highest BCUT2D eigenvalue weighted by Gasteiger charge is 2.20. The lowest BCUT2D eigenvalue weighted by Gasteiger charge is -2.19. The van der Waals surface area contributed by atoms with Crippen LogP contribution in [0.3, 0.4) is 0 Å². The van der Waals surface area contributed by atoms with Crippen LogP contribution in [0.25, 0.3) is 0 Å². The van der Waals surface area contributed by atoms with Gasteiger partial charge in [-0.05, 0) is 32.9 Å². The maximum atomic E-state index is 11.3. The average molecular weight is 529 g/mol. The summed E-state index contributed by atoms with van der Waals surface area (Å²) in [6.07, 6.45) is -0.778. The van der Waals surface area contributed by atoms with Gasteiger partial charge >= 0.3 is 5.97 Å². The van der Waals surface area contributed by atoms with Crippen LogP contribution < -0.4 is 4.74 Å². The average Bonchev–Trinajstić information content (AvgIpc) is 2.86. The number of carbonyl (C=O) groups is 1. The zero-order valence-corrected chi connectivity index (χ0v) is 22.5. The van der Waals surface area contributed by atoms with E-state index in [0.717, 1.165) is 0 Å². The van der Waals surface area contributed by atoms with Crippen molar-refractivity contribution in [1.82, 2.24) is 0 Å². The summed E-state index contributed by atoms with van der Waals surface area (Å²) < 4.78 is 44.0. The van der Waals surface area contributed by atoms with Crippen molar-refractivity contribution < 1.29 is 47.8 Å². The second-order valence-corrected chi connectivity index (χ2v) is 8.84. The minimum Gasteiger partial charge on any atom is -0.491 e. The zero-order chi connectivity index (χ0) is 27.2. The van der Waals surface area contributed by atoms with Gasteiger partial charge in [-0.15, -0.1) is 0 Å². The maximum absolute atomic E-state index is 11.3. The Labute approximate surface area is 220 Å². The molecule has 0 heterocycles. The van der Waals surface area contributed by atoms with E-state index in [4.69, 9.17) is 37.9 Å². The van der Waals surface area contributed by atoms with E-state index in [9.17, 15) is 9.90 Å². The summed E-state index contributed by atoms with van der Waals surface area (Å²) in [5, 5.41) is 9.21. The van der Waals surface area contributed by atoms with Crippen LogP contribution in [0, 0.1) is 0 Å². The highest BCUT2D eigenvalue weighted by Crippen LogP contribution is 2.12. The van der Waals surface area contributed by atoms with Gasteiger partial charge in [-0.2, -0.15) is 0 Å². The molecule has 0 spiro atoms. The van der Waals surface area contributed by atoms with Crippen molar-refractivity contribution in [3.8, 4) is 5.75 Å². The molecule has 0 amide bonds. The van der Waals surface area contributed by atoms with E-state index in [1.165, 1.54) is 0 Å². The lowest BCUT2D eigenvalue weighted by Crippen LogP contribution is -2.29. The van der Waals surface area contributed by atoms with Gasteiger partial charge in [0.2, 0.25) is 0 Å². The Morgan fingerprint density at radius 3 is 1.62 bits per heavy atom. The van der Waals surface area contributed by atoms with Crippen molar-refractivity contribution >= 4 is 5.97 Å². The van der Waals surface area contributed by atoms with E-state index in [-0.39, 0.29) is 24.4 Å². The second kappa shape index (κ2) is 20.9. The molecule has 0 aliphatic heterocycles. The van der Waals surface area contributed by atoms with E-state index in [1.807, 2.05) is 39.0 Å². The topological polar surface area (TPSA) is 111 Å². The van der Waals surface area contributed by atoms with Crippen LogP contribution in [-0.4, -0.2) is 109 Å². The van der Waals surface area contributed by atoms with Crippen LogP contribution in [0.4, 0.5) is 0 Å². The monoisotopic (exact) mass is 528 g/mol. The Morgan fingerprint density at radius 1 is 0.757 bits per heavy atom. The first-order valence-corrected chi connectivity index (χ1v) is 12.5. The van der Waals surface area contributed by atoms with Gasteiger partial charge in [-0.1, -0.05) is 24.8 Å². The number of ether oxygens (including phenoxy) is 8. The Kier molecular flexibility index (Phi) is 18.7. The first-order chi connectivity index (χ1) is 17.8. The van der Waals surface area contributed by atoms with E-state index in [0.29, 0.717) is 78.4 Å². The molecule has 10 nitrogen and oxygen atoms in total. The standard InChI is InChI=1S/C27H44O10/c1-23(26(28)29)25(22-36-24-8-6-5-7-9-24)35-20-18-33-16-14-31-12-10-30-11-13-32-15-17-34-19-21-37-27(2,3)4/h5-9,25H,1,10-22H2,2-4H3,(H,28,29). The van der Waals surface area contributed by atoms with Crippen molar-refractivity contribution in [2.45, 2.75) is 32.5 Å². The molecule has 0 aliphatic carbocycles. The van der Waals surface area contributed by atoms with E-state index < -0.39 is 12.1 Å². The number of hydrogen-bond donors (Lipinski definition) is 1. The molecule has 0 bridgehead atoms. The zero-order valence-electron chi connectivity index (χ0n) is 22.5. The lowest BCUT2D eigenvalue weighted by molar-refractivity contribution is -0.134. The third-order valence-electron chi connectivity index (χ3n) is 4.61. The normalized spacial score (nSPS) is 12.4. The number of benzene rings is 1. The van der Waals surface area contributed by atoms with Gasteiger partial charge in [-0.25, -0.2) is 4.79 Å². The van der Waals surface area contributed by atoms with Crippen molar-refractivity contribution in [3.05, 3.63) is 42.5 Å². The number of rotatable bonds is 24. The van der Waals surface area contributed by atoms with Crippen molar-refractivity contribution in [3.63, 3.8) is 0 Å². The van der Waals surface area contributed by atoms with E-state index in [2.05, 4.69) is 6.58 Å². The van der Waals surface area contributed by atoms with Crippen LogP contribution in [0.15, 0.2) is 42.5 Å². The summed E-state index contributed by atoms with van der Waals surface area (Å²) >= 11 is 0. The van der Waals surface area contributed by atoms with Crippen molar-refractivity contribution in [2.75, 3.05) is 85.9 Å². The van der Waals surface area contributed by atoms with Gasteiger partial charge in [0.15, 0.2) is 0 Å². The van der Waals surface area contributed by atoms with Gasteiger partial charge < -0.3 is 43.0 Å². The maximum Gasteiger partial charge on any atom is 0.333 e. The Morgan fingerprint density at radius 2 is 1.19 bits per heavy atom. The molecule has 1 rings (SSSR count). The molecule has 1 atom stereocenters. The molecule has 1 aromatic rings. The fourth-order valence-corrected chi connectivity index (χ4v) is 2.71. The fourth-order valence-electron chi connectivity index (χ4n) is 2.71. The number of carboxylic acid groups (broad SMARTS) is 1. The molecule has 0 saturated heterocycles. The first-order valence-electron chi connectivity index (χ1n) is 12.5. The highest BCUT2D eigenvalue weighted by molar-refractivity contribution is 5.87. The van der Waals surface area contributed by atoms with Gasteiger partial charge in [0.25, 0.3) is 0 Å². The quantitative estimate of drug-likeness (QED) is 0.159. The Hall–Kier alpha value is -2.05. The predicted octanol–water partition coefficient (Wildman–Crippen LogP) is 2.99. The lowest BCUT2D eigenvalue weighted by atomic mass is 10.2. The molecular formula is C27H44O10. The number of aliphatic carboxylic acids is 1. The van der Waals surface area contributed by atoms with Crippen molar-refractivity contribution in [1.29, 1.82) is 0 Å². The number of para-hydroxylation sites is 1. The van der Waals surface area contributed by atoms with Gasteiger partial charge in [0.1, 0.15) is 18.5 Å². The highest BCUT2D eigenvalue weighted by atomic mass is 16.6. The summed E-state index contributed by atoms with van der Waals surface area (Å²) in [7, 11) is 0. The summed E-state index contributed by atoms with van der Waals surface area (Å²) in [5.74, 6) is -0.501. The molecule has 0 aliphatic rings. The van der Waals surface area contributed by atoms with Gasteiger partial charge in [0, 0.05) is 0 Å². The molecule has 10 heteroatoms. The molecule has 1 unspecified atom stereocenters. The third kappa shape index (κ3) is 19.7. The molecule has 0 radical (unpaired) electrons.